The molecule has 1 aliphatic rings. The summed E-state index contributed by atoms with van der Waals surface area (Å²) in [5.74, 6) is 0.520. The average molecular weight is 358 g/mol. The second-order valence-electron chi connectivity index (χ2n) is 6.52. The molecule has 0 fully saturated rings. The zero-order valence-corrected chi connectivity index (χ0v) is 15.0. The summed E-state index contributed by atoms with van der Waals surface area (Å²) in [6.45, 7) is 3.97. The lowest BCUT2D eigenvalue weighted by Gasteiger charge is -2.10. The number of para-hydroxylation sites is 2. The lowest BCUT2D eigenvalue weighted by molar-refractivity contribution is 0.101. The molecule has 0 bridgehead atoms. The Morgan fingerprint density at radius 2 is 1.74 bits per heavy atom. The molecule has 4 rings (SSSR count). The van der Waals surface area contributed by atoms with Crippen LogP contribution in [-0.2, 0) is 0 Å². The Balaban J connectivity index is 1.61. The zero-order chi connectivity index (χ0) is 19.0. The van der Waals surface area contributed by atoms with Crippen molar-refractivity contribution in [1.82, 2.24) is 0 Å². The number of carbonyl (C=O) groups excluding carboxylic acids is 2. The Bertz CT molecular complexity index is 1070. The summed E-state index contributed by atoms with van der Waals surface area (Å²) in [5, 5.41) is 5.67. The van der Waals surface area contributed by atoms with Gasteiger partial charge in [0.1, 0.15) is 5.75 Å². The van der Waals surface area contributed by atoms with E-state index in [2.05, 4.69) is 10.6 Å². The van der Waals surface area contributed by atoms with Crippen LogP contribution in [0.15, 0.2) is 60.7 Å². The van der Waals surface area contributed by atoms with Gasteiger partial charge in [0.05, 0.1) is 11.3 Å². The summed E-state index contributed by atoms with van der Waals surface area (Å²) >= 11 is 0. The molecule has 0 atom stereocenters. The molecule has 0 aliphatic carbocycles. The van der Waals surface area contributed by atoms with Gasteiger partial charge in [0.15, 0.2) is 5.75 Å². The van der Waals surface area contributed by atoms with Crippen LogP contribution in [0.5, 0.6) is 11.5 Å². The molecule has 1 aliphatic heterocycles. The van der Waals surface area contributed by atoms with E-state index in [-0.39, 0.29) is 11.8 Å². The van der Waals surface area contributed by atoms with E-state index in [0.29, 0.717) is 34.0 Å². The maximum atomic E-state index is 12.6. The van der Waals surface area contributed by atoms with Crippen LogP contribution in [-0.4, -0.2) is 11.8 Å². The molecule has 0 radical (unpaired) electrons. The van der Waals surface area contributed by atoms with Crippen LogP contribution in [0.4, 0.5) is 11.4 Å². The van der Waals surface area contributed by atoms with Gasteiger partial charge in [-0.3, -0.25) is 9.59 Å². The van der Waals surface area contributed by atoms with Gasteiger partial charge in [-0.15, -0.1) is 0 Å². The molecule has 2 N–H and O–H groups in total. The predicted octanol–water partition coefficient (Wildman–Crippen LogP) is 4.91. The number of anilines is 2. The SMILES string of the molecule is Cc1ccc(C(=O)Nc2ccc3c(c2)C(=O)Nc2ccccc2O3)cc1C. The summed E-state index contributed by atoms with van der Waals surface area (Å²) in [7, 11) is 0. The average Bonchev–Trinajstić information content (AvgIpc) is 2.80. The normalized spacial score (nSPS) is 12.1. The summed E-state index contributed by atoms with van der Waals surface area (Å²) in [5.41, 5.74) is 4.26. The van der Waals surface area contributed by atoms with Crippen LogP contribution < -0.4 is 15.4 Å². The minimum absolute atomic E-state index is 0.226. The molecule has 5 heteroatoms. The third-order valence-electron chi connectivity index (χ3n) is 4.61. The van der Waals surface area contributed by atoms with Gasteiger partial charge in [-0.05, 0) is 67.4 Å². The molecule has 3 aromatic carbocycles. The molecule has 0 aromatic heterocycles. The van der Waals surface area contributed by atoms with Crippen LogP contribution in [0.25, 0.3) is 0 Å². The highest BCUT2D eigenvalue weighted by molar-refractivity contribution is 6.10. The predicted molar refractivity (Wildman–Crippen MR) is 105 cm³/mol. The standard InChI is InChI=1S/C22H18N2O3/c1-13-7-8-15(11-14(13)2)21(25)23-16-9-10-19-17(12-16)22(26)24-18-5-3-4-6-20(18)27-19/h3-12H,1-2H3,(H,23,25)(H,24,26). The smallest absolute Gasteiger partial charge is 0.259 e. The minimum atomic E-state index is -0.280. The fourth-order valence-electron chi connectivity index (χ4n) is 2.93. The number of carbonyl (C=O) groups is 2. The number of fused-ring (bicyclic) bond motifs is 2. The van der Waals surface area contributed by atoms with E-state index >= 15 is 0 Å². The van der Waals surface area contributed by atoms with E-state index in [9.17, 15) is 9.59 Å². The first kappa shape index (κ1) is 16.8. The lowest BCUT2D eigenvalue weighted by Crippen LogP contribution is -2.14. The fourth-order valence-corrected chi connectivity index (χ4v) is 2.93. The van der Waals surface area contributed by atoms with Gasteiger partial charge in [-0.1, -0.05) is 18.2 Å². The first-order valence-corrected chi connectivity index (χ1v) is 8.62. The number of ether oxygens (including phenoxy) is 1. The number of benzene rings is 3. The van der Waals surface area contributed by atoms with Crippen LogP contribution in [0.2, 0.25) is 0 Å². The Kier molecular flexibility index (Phi) is 4.12. The van der Waals surface area contributed by atoms with E-state index in [0.717, 1.165) is 11.1 Å². The Labute approximate surface area is 157 Å². The van der Waals surface area contributed by atoms with Crippen LogP contribution in [0, 0.1) is 13.8 Å². The van der Waals surface area contributed by atoms with Crippen molar-refractivity contribution in [3.63, 3.8) is 0 Å². The third kappa shape index (κ3) is 3.27. The topological polar surface area (TPSA) is 67.4 Å². The summed E-state index contributed by atoms with van der Waals surface area (Å²) < 4.78 is 5.85. The van der Waals surface area contributed by atoms with Gasteiger partial charge in [-0.2, -0.15) is 0 Å². The van der Waals surface area contributed by atoms with E-state index in [4.69, 9.17) is 4.74 Å². The van der Waals surface area contributed by atoms with E-state index in [1.165, 1.54) is 0 Å². The highest BCUT2D eigenvalue weighted by atomic mass is 16.5. The van der Waals surface area contributed by atoms with Crippen LogP contribution >= 0.6 is 0 Å². The Hall–Kier alpha value is -3.60. The Morgan fingerprint density at radius 1 is 0.926 bits per heavy atom. The van der Waals surface area contributed by atoms with Gasteiger partial charge < -0.3 is 15.4 Å². The van der Waals surface area contributed by atoms with Crippen molar-refractivity contribution in [1.29, 1.82) is 0 Å². The summed E-state index contributed by atoms with van der Waals surface area (Å²) in [4.78, 5) is 25.1. The molecule has 0 unspecified atom stereocenters. The van der Waals surface area contributed by atoms with Gasteiger partial charge in [0.25, 0.3) is 11.8 Å². The molecule has 134 valence electrons. The van der Waals surface area contributed by atoms with Crippen molar-refractivity contribution in [3.8, 4) is 11.5 Å². The van der Waals surface area contributed by atoms with E-state index in [1.54, 1.807) is 36.4 Å². The number of rotatable bonds is 2. The van der Waals surface area contributed by atoms with Crippen LogP contribution in [0.3, 0.4) is 0 Å². The zero-order valence-electron chi connectivity index (χ0n) is 15.0. The number of amides is 2. The molecule has 0 saturated heterocycles. The molecule has 5 nitrogen and oxygen atoms in total. The lowest BCUT2D eigenvalue weighted by atomic mass is 10.1. The van der Waals surface area contributed by atoms with Gasteiger partial charge in [0, 0.05) is 11.3 Å². The number of aryl methyl sites for hydroxylation is 2. The molecule has 27 heavy (non-hydrogen) atoms. The highest BCUT2D eigenvalue weighted by Crippen LogP contribution is 2.36. The largest absolute Gasteiger partial charge is 0.454 e. The van der Waals surface area contributed by atoms with Crippen LogP contribution in [0.1, 0.15) is 31.8 Å². The highest BCUT2D eigenvalue weighted by Gasteiger charge is 2.21. The molecular formula is C22H18N2O3. The minimum Gasteiger partial charge on any atom is -0.454 e. The molecular weight excluding hydrogens is 340 g/mol. The maximum absolute atomic E-state index is 12.6. The monoisotopic (exact) mass is 358 g/mol. The fraction of sp³-hybridized carbons (Fsp3) is 0.0909. The maximum Gasteiger partial charge on any atom is 0.259 e. The molecule has 0 spiro atoms. The van der Waals surface area contributed by atoms with Gasteiger partial charge >= 0.3 is 0 Å². The van der Waals surface area contributed by atoms with Crippen molar-refractivity contribution in [2.24, 2.45) is 0 Å². The first-order valence-electron chi connectivity index (χ1n) is 8.62. The first-order chi connectivity index (χ1) is 13.0. The van der Waals surface area contributed by atoms with Crippen molar-refractivity contribution < 1.29 is 14.3 Å². The second-order valence-corrected chi connectivity index (χ2v) is 6.52. The van der Waals surface area contributed by atoms with E-state index < -0.39 is 0 Å². The summed E-state index contributed by atoms with van der Waals surface area (Å²) in [6, 6.07) is 17.8. The second kappa shape index (κ2) is 6.61. The van der Waals surface area contributed by atoms with E-state index in [1.807, 2.05) is 38.1 Å². The number of nitrogens with one attached hydrogen (secondary N) is 2. The van der Waals surface area contributed by atoms with Crippen molar-refractivity contribution >= 4 is 23.2 Å². The van der Waals surface area contributed by atoms with Crippen molar-refractivity contribution in [3.05, 3.63) is 82.9 Å². The third-order valence-corrected chi connectivity index (χ3v) is 4.61. The molecule has 1 heterocycles. The molecule has 3 aromatic rings. The quantitative estimate of drug-likeness (QED) is 0.684. The molecule has 0 saturated carbocycles. The van der Waals surface area contributed by atoms with Gasteiger partial charge in [0.2, 0.25) is 0 Å². The van der Waals surface area contributed by atoms with Crippen molar-refractivity contribution in [2.75, 3.05) is 10.6 Å². The Morgan fingerprint density at radius 3 is 2.56 bits per heavy atom. The summed E-state index contributed by atoms with van der Waals surface area (Å²) in [6.07, 6.45) is 0. The number of hydrogen-bond acceptors (Lipinski definition) is 3. The van der Waals surface area contributed by atoms with Gasteiger partial charge in [-0.25, -0.2) is 0 Å². The molecule has 2 amide bonds. The number of hydrogen-bond donors (Lipinski definition) is 2. The van der Waals surface area contributed by atoms with Crippen molar-refractivity contribution in [2.45, 2.75) is 13.8 Å².